The second kappa shape index (κ2) is 6.36. The number of aliphatic hydroxyl groups is 1. The molecule has 0 amide bonds. The zero-order valence-corrected chi connectivity index (χ0v) is 12.0. The molecule has 0 aromatic heterocycles. The van der Waals surface area contributed by atoms with Crippen LogP contribution in [0.15, 0.2) is 0 Å². The number of aliphatic hydroxyl groups excluding tert-OH is 1. The van der Waals surface area contributed by atoms with Crippen LogP contribution in [0.2, 0.25) is 0 Å². The number of nitrogens with one attached hydrogen (secondary N) is 1. The molecule has 1 heterocycles. The van der Waals surface area contributed by atoms with Gasteiger partial charge in [-0.15, -0.1) is 0 Å². The van der Waals surface area contributed by atoms with Crippen molar-refractivity contribution >= 4 is 0 Å². The Balaban J connectivity index is 1.97. The average Bonchev–Trinajstić information content (AvgIpc) is 2.89. The number of ether oxygens (including phenoxy) is 1. The number of hydrogen-bond donors (Lipinski definition) is 2. The summed E-state index contributed by atoms with van der Waals surface area (Å²) in [6.45, 7) is 6.65. The Hall–Kier alpha value is -0.120. The molecule has 1 saturated carbocycles. The molecular formula is C15H29NO2. The SMILES string of the molecule is CC(C)C1CCCCC1(CO)NCC1CCCO1. The highest BCUT2D eigenvalue weighted by Crippen LogP contribution is 2.38. The Morgan fingerprint density at radius 2 is 2.11 bits per heavy atom. The molecule has 3 atom stereocenters. The van der Waals surface area contributed by atoms with Gasteiger partial charge in [-0.2, -0.15) is 0 Å². The van der Waals surface area contributed by atoms with Crippen LogP contribution in [0.25, 0.3) is 0 Å². The fourth-order valence-corrected chi connectivity index (χ4v) is 3.83. The van der Waals surface area contributed by atoms with Gasteiger partial charge in [0.15, 0.2) is 0 Å². The summed E-state index contributed by atoms with van der Waals surface area (Å²) in [6, 6.07) is 0. The zero-order valence-electron chi connectivity index (χ0n) is 12.0. The van der Waals surface area contributed by atoms with Crippen molar-refractivity contribution in [2.45, 2.75) is 64.0 Å². The van der Waals surface area contributed by atoms with E-state index in [-0.39, 0.29) is 12.1 Å². The van der Waals surface area contributed by atoms with E-state index in [0.717, 1.165) is 19.6 Å². The van der Waals surface area contributed by atoms with Gasteiger partial charge in [-0.25, -0.2) is 0 Å². The van der Waals surface area contributed by atoms with Gasteiger partial charge in [0, 0.05) is 18.7 Å². The lowest BCUT2D eigenvalue weighted by molar-refractivity contribution is 0.0254. The standard InChI is InChI=1S/C15H29NO2/c1-12(2)14-7-3-4-8-15(14,11-17)16-10-13-6-5-9-18-13/h12-14,16-17H,3-11H2,1-2H3. The van der Waals surface area contributed by atoms with Gasteiger partial charge in [-0.05, 0) is 37.5 Å². The Labute approximate surface area is 111 Å². The van der Waals surface area contributed by atoms with Gasteiger partial charge in [0.05, 0.1) is 12.7 Å². The number of rotatable bonds is 5. The lowest BCUT2D eigenvalue weighted by Crippen LogP contribution is -2.58. The molecule has 0 aromatic rings. The van der Waals surface area contributed by atoms with Crippen LogP contribution in [0.4, 0.5) is 0 Å². The summed E-state index contributed by atoms with van der Waals surface area (Å²) in [4.78, 5) is 0. The summed E-state index contributed by atoms with van der Waals surface area (Å²) < 4.78 is 5.69. The quantitative estimate of drug-likeness (QED) is 0.792. The van der Waals surface area contributed by atoms with Crippen LogP contribution in [0.5, 0.6) is 0 Å². The van der Waals surface area contributed by atoms with E-state index in [1.54, 1.807) is 0 Å². The average molecular weight is 255 g/mol. The van der Waals surface area contributed by atoms with Crippen LogP contribution in [0, 0.1) is 11.8 Å². The largest absolute Gasteiger partial charge is 0.394 e. The maximum atomic E-state index is 9.93. The molecule has 2 N–H and O–H groups in total. The highest BCUT2D eigenvalue weighted by Gasteiger charge is 2.41. The fraction of sp³-hybridized carbons (Fsp3) is 1.00. The highest BCUT2D eigenvalue weighted by molar-refractivity contribution is 4.98. The van der Waals surface area contributed by atoms with Crippen molar-refractivity contribution in [2.24, 2.45) is 11.8 Å². The lowest BCUT2D eigenvalue weighted by Gasteiger charge is -2.46. The predicted molar refractivity (Wildman–Crippen MR) is 73.6 cm³/mol. The second-order valence-electron chi connectivity index (χ2n) is 6.43. The minimum Gasteiger partial charge on any atom is -0.394 e. The van der Waals surface area contributed by atoms with Crippen molar-refractivity contribution in [1.29, 1.82) is 0 Å². The smallest absolute Gasteiger partial charge is 0.0700 e. The van der Waals surface area contributed by atoms with Gasteiger partial charge >= 0.3 is 0 Å². The molecule has 0 spiro atoms. The summed E-state index contributed by atoms with van der Waals surface area (Å²) in [5.41, 5.74) is -0.0572. The van der Waals surface area contributed by atoms with Gasteiger partial charge in [0.25, 0.3) is 0 Å². The predicted octanol–water partition coefficient (Wildman–Crippen LogP) is 2.33. The fourth-order valence-electron chi connectivity index (χ4n) is 3.83. The van der Waals surface area contributed by atoms with Gasteiger partial charge < -0.3 is 15.2 Å². The van der Waals surface area contributed by atoms with Crippen molar-refractivity contribution < 1.29 is 9.84 Å². The summed E-state index contributed by atoms with van der Waals surface area (Å²) in [5, 5.41) is 13.6. The maximum Gasteiger partial charge on any atom is 0.0700 e. The second-order valence-corrected chi connectivity index (χ2v) is 6.43. The van der Waals surface area contributed by atoms with Gasteiger partial charge in [0.2, 0.25) is 0 Å². The molecule has 3 heteroatoms. The molecule has 106 valence electrons. The van der Waals surface area contributed by atoms with Crippen molar-refractivity contribution in [3.63, 3.8) is 0 Å². The Kier molecular flexibility index (Phi) is 5.05. The van der Waals surface area contributed by atoms with Gasteiger partial charge in [-0.3, -0.25) is 0 Å². The van der Waals surface area contributed by atoms with Crippen LogP contribution in [0.1, 0.15) is 52.4 Å². The Morgan fingerprint density at radius 1 is 1.28 bits per heavy atom. The molecule has 1 aliphatic heterocycles. The van der Waals surface area contributed by atoms with Crippen molar-refractivity contribution in [3.05, 3.63) is 0 Å². The van der Waals surface area contributed by atoms with E-state index in [2.05, 4.69) is 19.2 Å². The first-order chi connectivity index (χ1) is 8.68. The molecule has 1 saturated heterocycles. The molecule has 0 aromatic carbocycles. The topological polar surface area (TPSA) is 41.5 Å². The van der Waals surface area contributed by atoms with E-state index in [1.807, 2.05) is 0 Å². The van der Waals surface area contributed by atoms with E-state index in [1.165, 1.54) is 32.1 Å². The minimum atomic E-state index is -0.0572. The molecule has 18 heavy (non-hydrogen) atoms. The third-order valence-electron chi connectivity index (χ3n) is 4.89. The van der Waals surface area contributed by atoms with Crippen molar-refractivity contribution in [2.75, 3.05) is 19.8 Å². The summed E-state index contributed by atoms with van der Waals surface area (Å²) in [6.07, 6.45) is 7.63. The molecule has 2 aliphatic rings. The molecule has 2 fully saturated rings. The third-order valence-corrected chi connectivity index (χ3v) is 4.89. The van der Waals surface area contributed by atoms with Crippen LogP contribution in [-0.2, 0) is 4.74 Å². The van der Waals surface area contributed by atoms with Gasteiger partial charge in [-0.1, -0.05) is 26.7 Å². The van der Waals surface area contributed by atoms with Gasteiger partial charge in [0.1, 0.15) is 0 Å². The normalized spacial score (nSPS) is 37.3. The third kappa shape index (κ3) is 3.06. The van der Waals surface area contributed by atoms with Crippen LogP contribution in [0.3, 0.4) is 0 Å². The molecule has 0 radical (unpaired) electrons. The van der Waals surface area contributed by atoms with E-state index < -0.39 is 0 Å². The van der Waals surface area contributed by atoms with E-state index in [4.69, 9.17) is 4.74 Å². The van der Waals surface area contributed by atoms with E-state index in [9.17, 15) is 5.11 Å². The van der Waals surface area contributed by atoms with E-state index in [0.29, 0.717) is 17.9 Å². The molecular weight excluding hydrogens is 226 g/mol. The lowest BCUT2D eigenvalue weighted by atomic mass is 9.68. The monoisotopic (exact) mass is 255 g/mol. The first kappa shape index (κ1) is 14.3. The first-order valence-electron chi connectivity index (χ1n) is 7.65. The Bertz CT molecular complexity index is 251. The summed E-state index contributed by atoms with van der Waals surface area (Å²) in [5.74, 6) is 1.23. The molecule has 2 rings (SSSR count). The minimum absolute atomic E-state index is 0.0572. The zero-order chi connectivity index (χ0) is 13.0. The Morgan fingerprint density at radius 3 is 2.72 bits per heavy atom. The van der Waals surface area contributed by atoms with E-state index >= 15 is 0 Å². The molecule has 1 aliphatic carbocycles. The summed E-state index contributed by atoms with van der Waals surface area (Å²) >= 11 is 0. The van der Waals surface area contributed by atoms with Crippen LogP contribution >= 0.6 is 0 Å². The van der Waals surface area contributed by atoms with Crippen molar-refractivity contribution in [1.82, 2.24) is 5.32 Å². The van der Waals surface area contributed by atoms with Crippen molar-refractivity contribution in [3.8, 4) is 0 Å². The van der Waals surface area contributed by atoms with Crippen LogP contribution in [-0.4, -0.2) is 36.5 Å². The molecule has 0 bridgehead atoms. The number of hydrogen-bond acceptors (Lipinski definition) is 3. The molecule has 3 unspecified atom stereocenters. The highest BCUT2D eigenvalue weighted by atomic mass is 16.5. The maximum absolute atomic E-state index is 9.93. The van der Waals surface area contributed by atoms with Crippen LogP contribution < -0.4 is 5.32 Å². The molecule has 3 nitrogen and oxygen atoms in total. The summed E-state index contributed by atoms with van der Waals surface area (Å²) in [7, 11) is 0. The first-order valence-corrected chi connectivity index (χ1v) is 7.65.